The predicted octanol–water partition coefficient (Wildman–Crippen LogP) is 1.26. The van der Waals surface area contributed by atoms with Crippen LogP contribution in [0, 0.1) is 17.8 Å². The lowest BCUT2D eigenvalue weighted by Gasteiger charge is -2.30. The van der Waals surface area contributed by atoms with Crippen molar-refractivity contribution in [1.82, 2.24) is 10.2 Å². The minimum absolute atomic E-state index is 0.192. The first-order chi connectivity index (χ1) is 9.22. The summed E-state index contributed by atoms with van der Waals surface area (Å²) < 4.78 is 5.30. The van der Waals surface area contributed by atoms with Gasteiger partial charge in [0.2, 0.25) is 5.91 Å². The number of carbonyl (C=O) groups is 1. The van der Waals surface area contributed by atoms with Crippen LogP contribution in [0.2, 0.25) is 0 Å². The van der Waals surface area contributed by atoms with Crippen LogP contribution in [0.1, 0.15) is 32.6 Å². The molecule has 1 N–H and O–H groups in total. The van der Waals surface area contributed by atoms with Gasteiger partial charge in [-0.3, -0.25) is 9.69 Å². The molecule has 2 aliphatic carbocycles. The molecule has 4 atom stereocenters. The lowest BCUT2D eigenvalue weighted by atomic mass is 9.84. The van der Waals surface area contributed by atoms with Crippen LogP contribution in [-0.2, 0) is 9.53 Å². The lowest BCUT2D eigenvalue weighted by Crippen LogP contribution is -2.47. The second-order valence-electron chi connectivity index (χ2n) is 6.58. The highest BCUT2D eigenvalue weighted by Gasteiger charge is 2.42. The van der Waals surface area contributed by atoms with Gasteiger partial charge in [0.1, 0.15) is 0 Å². The SMILES string of the molecule is C[C@@H](NC(=O)CN1CCOCC1)[C@@H]1C[C@@H]2CC[C@@H]1C2. The van der Waals surface area contributed by atoms with Gasteiger partial charge >= 0.3 is 0 Å². The zero-order chi connectivity index (χ0) is 13.2. The molecule has 0 spiro atoms. The molecule has 1 aliphatic heterocycles. The van der Waals surface area contributed by atoms with E-state index in [1.165, 1.54) is 25.7 Å². The monoisotopic (exact) mass is 266 g/mol. The normalized spacial score (nSPS) is 36.4. The van der Waals surface area contributed by atoms with E-state index < -0.39 is 0 Å². The van der Waals surface area contributed by atoms with E-state index in [0.717, 1.165) is 44.1 Å². The van der Waals surface area contributed by atoms with Crippen LogP contribution in [0.5, 0.6) is 0 Å². The van der Waals surface area contributed by atoms with E-state index in [1.807, 2.05) is 0 Å². The number of amides is 1. The average molecular weight is 266 g/mol. The second kappa shape index (κ2) is 5.80. The fourth-order valence-electron chi connectivity index (χ4n) is 4.28. The zero-order valence-corrected chi connectivity index (χ0v) is 11.9. The maximum atomic E-state index is 12.1. The number of nitrogens with zero attached hydrogens (tertiary/aromatic N) is 1. The molecule has 0 radical (unpaired) electrons. The minimum Gasteiger partial charge on any atom is -0.379 e. The van der Waals surface area contributed by atoms with Gasteiger partial charge in [0.15, 0.2) is 0 Å². The maximum Gasteiger partial charge on any atom is 0.234 e. The van der Waals surface area contributed by atoms with Crippen molar-refractivity contribution in [2.75, 3.05) is 32.8 Å². The summed E-state index contributed by atoms with van der Waals surface area (Å²) in [6, 6.07) is 0.351. The first-order valence-corrected chi connectivity index (χ1v) is 7.82. The van der Waals surface area contributed by atoms with E-state index in [4.69, 9.17) is 4.74 Å². The van der Waals surface area contributed by atoms with Crippen molar-refractivity contribution < 1.29 is 9.53 Å². The summed E-state index contributed by atoms with van der Waals surface area (Å²) in [5, 5.41) is 3.23. The topological polar surface area (TPSA) is 41.6 Å². The molecule has 3 rings (SSSR count). The fourth-order valence-corrected chi connectivity index (χ4v) is 4.28. The summed E-state index contributed by atoms with van der Waals surface area (Å²) in [5.74, 6) is 2.75. The van der Waals surface area contributed by atoms with Crippen molar-refractivity contribution in [2.24, 2.45) is 17.8 Å². The molecule has 2 bridgehead atoms. The Morgan fingerprint density at radius 2 is 2.11 bits per heavy atom. The Labute approximate surface area is 115 Å². The highest BCUT2D eigenvalue weighted by atomic mass is 16.5. The van der Waals surface area contributed by atoms with Gasteiger partial charge in [-0.15, -0.1) is 0 Å². The molecule has 19 heavy (non-hydrogen) atoms. The first kappa shape index (κ1) is 13.4. The predicted molar refractivity (Wildman–Crippen MR) is 73.8 cm³/mol. The van der Waals surface area contributed by atoms with Crippen LogP contribution in [0.25, 0.3) is 0 Å². The number of hydrogen-bond donors (Lipinski definition) is 1. The van der Waals surface area contributed by atoms with E-state index in [9.17, 15) is 4.79 Å². The number of ether oxygens (including phenoxy) is 1. The van der Waals surface area contributed by atoms with Gasteiger partial charge in [-0.25, -0.2) is 0 Å². The summed E-state index contributed by atoms with van der Waals surface area (Å²) in [6.07, 6.45) is 5.56. The molecule has 0 aromatic rings. The van der Waals surface area contributed by atoms with E-state index in [-0.39, 0.29) is 5.91 Å². The van der Waals surface area contributed by atoms with Gasteiger partial charge in [0.05, 0.1) is 19.8 Å². The van der Waals surface area contributed by atoms with Crippen LogP contribution < -0.4 is 5.32 Å². The van der Waals surface area contributed by atoms with Crippen LogP contribution in [-0.4, -0.2) is 49.7 Å². The van der Waals surface area contributed by atoms with Crippen molar-refractivity contribution in [2.45, 2.75) is 38.6 Å². The molecule has 1 saturated heterocycles. The molecule has 3 fully saturated rings. The molecule has 3 aliphatic rings. The van der Waals surface area contributed by atoms with Gasteiger partial charge < -0.3 is 10.1 Å². The quantitative estimate of drug-likeness (QED) is 0.833. The fraction of sp³-hybridized carbons (Fsp3) is 0.933. The molecule has 1 heterocycles. The van der Waals surface area contributed by atoms with Crippen molar-refractivity contribution in [3.05, 3.63) is 0 Å². The number of nitrogens with one attached hydrogen (secondary N) is 1. The highest BCUT2D eigenvalue weighted by Crippen LogP contribution is 2.49. The molecule has 2 saturated carbocycles. The summed E-state index contributed by atoms with van der Waals surface area (Å²) in [6.45, 7) is 6.02. The number of rotatable bonds is 4. The van der Waals surface area contributed by atoms with Gasteiger partial charge in [0, 0.05) is 19.1 Å². The highest BCUT2D eigenvalue weighted by molar-refractivity contribution is 5.78. The maximum absolute atomic E-state index is 12.1. The Morgan fingerprint density at radius 3 is 2.74 bits per heavy atom. The Balaban J connectivity index is 1.43. The van der Waals surface area contributed by atoms with Crippen LogP contribution in [0.4, 0.5) is 0 Å². The lowest BCUT2D eigenvalue weighted by molar-refractivity contribution is -0.124. The van der Waals surface area contributed by atoms with Crippen LogP contribution >= 0.6 is 0 Å². The molecule has 1 amide bonds. The largest absolute Gasteiger partial charge is 0.379 e. The summed E-state index contributed by atoms with van der Waals surface area (Å²) in [4.78, 5) is 14.3. The number of fused-ring (bicyclic) bond motifs is 2. The standard InChI is InChI=1S/C15H26N2O2/c1-11(14-9-12-2-3-13(14)8-12)16-15(18)10-17-4-6-19-7-5-17/h11-14H,2-10H2,1H3,(H,16,18)/t11-,12-,13-,14+/m1/s1. The van der Waals surface area contributed by atoms with Crippen molar-refractivity contribution in [3.8, 4) is 0 Å². The van der Waals surface area contributed by atoms with Crippen molar-refractivity contribution in [1.29, 1.82) is 0 Å². The third kappa shape index (κ3) is 3.11. The first-order valence-electron chi connectivity index (χ1n) is 7.82. The number of carbonyl (C=O) groups excluding carboxylic acids is 1. The Morgan fingerprint density at radius 1 is 1.32 bits per heavy atom. The Hall–Kier alpha value is -0.610. The van der Waals surface area contributed by atoms with E-state index >= 15 is 0 Å². The van der Waals surface area contributed by atoms with E-state index in [2.05, 4.69) is 17.1 Å². The molecular formula is C15H26N2O2. The average Bonchev–Trinajstić information content (AvgIpc) is 3.02. The van der Waals surface area contributed by atoms with Gasteiger partial charge in [-0.2, -0.15) is 0 Å². The van der Waals surface area contributed by atoms with Crippen molar-refractivity contribution in [3.63, 3.8) is 0 Å². The molecule has 0 aromatic heterocycles. The van der Waals surface area contributed by atoms with Gasteiger partial charge in [-0.05, 0) is 43.9 Å². The molecule has 4 nitrogen and oxygen atoms in total. The Bertz CT molecular complexity index is 328. The third-order valence-corrected chi connectivity index (χ3v) is 5.29. The summed E-state index contributed by atoms with van der Waals surface area (Å²) in [7, 11) is 0. The molecule has 4 heteroatoms. The van der Waals surface area contributed by atoms with E-state index in [1.54, 1.807) is 0 Å². The van der Waals surface area contributed by atoms with Gasteiger partial charge in [0.25, 0.3) is 0 Å². The Kier molecular flexibility index (Phi) is 4.08. The molecule has 0 unspecified atom stereocenters. The van der Waals surface area contributed by atoms with Crippen molar-refractivity contribution >= 4 is 5.91 Å². The number of morpholine rings is 1. The summed E-state index contributed by atoms with van der Waals surface area (Å²) >= 11 is 0. The number of hydrogen-bond acceptors (Lipinski definition) is 3. The van der Waals surface area contributed by atoms with E-state index in [0.29, 0.717) is 12.6 Å². The third-order valence-electron chi connectivity index (χ3n) is 5.29. The molecular weight excluding hydrogens is 240 g/mol. The minimum atomic E-state index is 0.192. The van der Waals surface area contributed by atoms with Gasteiger partial charge in [-0.1, -0.05) is 6.42 Å². The van der Waals surface area contributed by atoms with Crippen LogP contribution in [0.3, 0.4) is 0 Å². The zero-order valence-electron chi connectivity index (χ0n) is 11.9. The van der Waals surface area contributed by atoms with Crippen LogP contribution in [0.15, 0.2) is 0 Å². The summed E-state index contributed by atoms with van der Waals surface area (Å²) in [5.41, 5.74) is 0. The molecule has 108 valence electrons. The second-order valence-corrected chi connectivity index (χ2v) is 6.58. The smallest absolute Gasteiger partial charge is 0.234 e. The molecule has 0 aromatic carbocycles.